The lowest BCUT2D eigenvalue weighted by atomic mass is 10.0. The molecule has 1 atom stereocenters. The first-order chi connectivity index (χ1) is 13.6. The molecular formula is C20H31N5O3. The predicted octanol–water partition coefficient (Wildman–Crippen LogP) is 2.39. The van der Waals surface area contributed by atoms with Crippen LogP contribution in [0.5, 0.6) is 0 Å². The van der Waals surface area contributed by atoms with E-state index in [2.05, 4.69) is 33.5 Å². The number of piperidine rings is 1. The van der Waals surface area contributed by atoms with E-state index in [0.29, 0.717) is 30.8 Å². The van der Waals surface area contributed by atoms with Crippen molar-refractivity contribution in [3.05, 3.63) is 35.5 Å². The average Bonchev–Trinajstić information content (AvgIpc) is 3.36. The summed E-state index contributed by atoms with van der Waals surface area (Å²) in [5, 5.41) is 11.0. The second-order valence-corrected chi connectivity index (χ2v) is 7.54. The normalized spacial score (nSPS) is 17.0. The number of methoxy groups -OCH3 is 1. The average molecular weight is 390 g/mol. The van der Waals surface area contributed by atoms with Gasteiger partial charge in [0.25, 0.3) is 5.91 Å². The molecule has 0 aliphatic carbocycles. The number of aryl methyl sites for hydroxylation is 1. The number of carbonyl (C=O) groups excluding carboxylic acids is 1. The van der Waals surface area contributed by atoms with Crippen LogP contribution in [0.15, 0.2) is 22.7 Å². The lowest BCUT2D eigenvalue weighted by molar-refractivity contribution is 0.0932. The van der Waals surface area contributed by atoms with E-state index in [1.54, 1.807) is 13.3 Å². The molecule has 8 nitrogen and oxygen atoms in total. The standard InChI is InChI=1S/C20H31N5O3/c1-15(19-5-4-16(2)28-19)6-10-24-11-7-17(8-12-24)25-14-18(22-23-25)20(26)21-9-13-27-3/h4-5,14-15,17H,6-13H2,1-3H3,(H,21,26)/t15-/m0/s1. The molecule has 0 aromatic carbocycles. The summed E-state index contributed by atoms with van der Waals surface area (Å²) in [6.45, 7) is 8.29. The number of furan rings is 1. The summed E-state index contributed by atoms with van der Waals surface area (Å²) >= 11 is 0. The fourth-order valence-electron chi connectivity index (χ4n) is 3.56. The number of amides is 1. The molecular weight excluding hydrogens is 358 g/mol. The van der Waals surface area contributed by atoms with Crippen molar-refractivity contribution in [1.29, 1.82) is 0 Å². The second kappa shape index (κ2) is 9.84. The maximum absolute atomic E-state index is 12.0. The molecule has 1 aliphatic heterocycles. The van der Waals surface area contributed by atoms with Crippen molar-refractivity contribution in [2.24, 2.45) is 0 Å². The Bertz CT molecular complexity index is 749. The van der Waals surface area contributed by atoms with Gasteiger partial charge in [-0.25, -0.2) is 4.68 Å². The van der Waals surface area contributed by atoms with Crippen LogP contribution >= 0.6 is 0 Å². The zero-order valence-corrected chi connectivity index (χ0v) is 17.1. The number of nitrogens with zero attached hydrogens (tertiary/aromatic N) is 4. The van der Waals surface area contributed by atoms with Gasteiger partial charge in [-0.3, -0.25) is 4.79 Å². The molecule has 154 valence electrons. The van der Waals surface area contributed by atoms with Crippen molar-refractivity contribution in [1.82, 2.24) is 25.2 Å². The Labute approximate surface area is 166 Å². The molecule has 1 amide bonds. The Morgan fingerprint density at radius 1 is 1.39 bits per heavy atom. The SMILES string of the molecule is COCCNC(=O)c1cn(C2CCN(CC[C@H](C)c3ccc(C)o3)CC2)nn1. The largest absolute Gasteiger partial charge is 0.466 e. The first kappa shape index (κ1) is 20.5. The number of aromatic nitrogens is 3. The third kappa shape index (κ3) is 5.42. The van der Waals surface area contributed by atoms with Gasteiger partial charge in [0, 0.05) is 32.7 Å². The van der Waals surface area contributed by atoms with Crippen LogP contribution in [0, 0.1) is 6.92 Å². The highest BCUT2D eigenvalue weighted by Crippen LogP contribution is 2.25. The summed E-state index contributed by atoms with van der Waals surface area (Å²) in [4.78, 5) is 14.5. The molecule has 1 N–H and O–H groups in total. The highest BCUT2D eigenvalue weighted by atomic mass is 16.5. The molecule has 0 bridgehead atoms. The van der Waals surface area contributed by atoms with Crippen molar-refractivity contribution >= 4 is 5.91 Å². The van der Waals surface area contributed by atoms with Gasteiger partial charge in [-0.2, -0.15) is 0 Å². The summed E-state index contributed by atoms with van der Waals surface area (Å²) in [5.41, 5.74) is 0.362. The van der Waals surface area contributed by atoms with Crippen LogP contribution in [-0.4, -0.2) is 65.7 Å². The highest BCUT2D eigenvalue weighted by molar-refractivity contribution is 5.91. The minimum atomic E-state index is -0.206. The molecule has 3 heterocycles. The van der Waals surface area contributed by atoms with E-state index >= 15 is 0 Å². The number of ether oxygens (including phenoxy) is 1. The van der Waals surface area contributed by atoms with E-state index in [1.165, 1.54) is 0 Å². The predicted molar refractivity (Wildman–Crippen MR) is 105 cm³/mol. The fourth-order valence-corrected chi connectivity index (χ4v) is 3.56. The number of hydrogen-bond acceptors (Lipinski definition) is 6. The number of nitrogens with one attached hydrogen (secondary N) is 1. The van der Waals surface area contributed by atoms with E-state index in [4.69, 9.17) is 9.15 Å². The van der Waals surface area contributed by atoms with Gasteiger partial charge in [-0.15, -0.1) is 5.10 Å². The summed E-state index contributed by atoms with van der Waals surface area (Å²) in [5.74, 6) is 2.28. The van der Waals surface area contributed by atoms with E-state index in [9.17, 15) is 4.79 Å². The molecule has 3 rings (SSSR count). The summed E-state index contributed by atoms with van der Waals surface area (Å²) < 4.78 is 12.5. The molecule has 1 fully saturated rings. The molecule has 0 unspecified atom stereocenters. The molecule has 1 saturated heterocycles. The summed E-state index contributed by atoms with van der Waals surface area (Å²) in [7, 11) is 1.60. The minimum Gasteiger partial charge on any atom is -0.466 e. The molecule has 1 aliphatic rings. The molecule has 2 aromatic heterocycles. The van der Waals surface area contributed by atoms with Gasteiger partial charge in [-0.05, 0) is 44.9 Å². The van der Waals surface area contributed by atoms with Crippen LogP contribution in [0.1, 0.15) is 60.2 Å². The van der Waals surface area contributed by atoms with Gasteiger partial charge in [0.05, 0.1) is 18.8 Å². The Balaban J connectivity index is 1.42. The second-order valence-electron chi connectivity index (χ2n) is 7.54. The molecule has 0 saturated carbocycles. The topological polar surface area (TPSA) is 85.4 Å². The van der Waals surface area contributed by atoms with Crippen LogP contribution in [0.25, 0.3) is 0 Å². The van der Waals surface area contributed by atoms with Crippen molar-refractivity contribution in [2.75, 3.05) is 39.9 Å². The van der Waals surface area contributed by atoms with E-state index in [0.717, 1.165) is 50.4 Å². The maximum Gasteiger partial charge on any atom is 0.273 e. The summed E-state index contributed by atoms with van der Waals surface area (Å²) in [6.07, 6.45) is 4.88. The van der Waals surface area contributed by atoms with Crippen molar-refractivity contribution in [2.45, 2.75) is 45.1 Å². The van der Waals surface area contributed by atoms with Crippen LogP contribution in [0.2, 0.25) is 0 Å². The Kier molecular flexibility index (Phi) is 7.22. The van der Waals surface area contributed by atoms with Crippen LogP contribution in [0.4, 0.5) is 0 Å². The van der Waals surface area contributed by atoms with Crippen molar-refractivity contribution in [3.8, 4) is 0 Å². The third-order valence-corrected chi connectivity index (χ3v) is 5.39. The number of hydrogen-bond donors (Lipinski definition) is 1. The lowest BCUT2D eigenvalue weighted by Gasteiger charge is -2.32. The van der Waals surface area contributed by atoms with Crippen LogP contribution in [-0.2, 0) is 4.74 Å². The van der Waals surface area contributed by atoms with Crippen LogP contribution < -0.4 is 5.32 Å². The Hall–Kier alpha value is -2.19. The Morgan fingerprint density at radius 2 is 2.18 bits per heavy atom. The minimum absolute atomic E-state index is 0.206. The smallest absolute Gasteiger partial charge is 0.273 e. The van der Waals surface area contributed by atoms with Gasteiger partial charge >= 0.3 is 0 Å². The molecule has 0 spiro atoms. The zero-order chi connectivity index (χ0) is 19.9. The number of likely N-dealkylation sites (tertiary alicyclic amines) is 1. The Morgan fingerprint density at radius 3 is 2.86 bits per heavy atom. The van der Waals surface area contributed by atoms with E-state index in [1.807, 2.05) is 17.7 Å². The third-order valence-electron chi connectivity index (χ3n) is 5.39. The van der Waals surface area contributed by atoms with Gasteiger partial charge in [0.1, 0.15) is 11.5 Å². The monoisotopic (exact) mass is 389 g/mol. The highest BCUT2D eigenvalue weighted by Gasteiger charge is 2.23. The van der Waals surface area contributed by atoms with Crippen molar-refractivity contribution < 1.29 is 13.9 Å². The zero-order valence-electron chi connectivity index (χ0n) is 17.1. The summed E-state index contributed by atoms with van der Waals surface area (Å²) in [6, 6.07) is 4.41. The van der Waals surface area contributed by atoms with Gasteiger partial charge < -0.3 is 19.4 Å². The molecule has 28 heavy (non-hydrogen) atoms. The van der Waals surface area contributed by atoms with E-state index < -0.39 is 0 Å². The fraction of sp³-hybridized carbons (Fsp3) is 0.650. The van der Waals surface area contributed by atoms with Gasteiger partial charge in [0.15, 0.2) is 5.69 Å². The van der Waals surface area contributed by atoms with Gasteiger partial charge in [-0.1, -0.05) is 12.1 Å². The quantitative estimate of drug-likeness (QED) is 0.663. The first-order valence-electron chi connectivity index (χ1n) is 10.0. The lowest BCUT2D eigenvalue weighted by Crippen LogP contribution is -2.35. The number of rotatable bonds is 9. The van der Waals surface area contributed by atoms with Crippen molar-refractivity contribution in [3.63, 3.8) is 0 Å². The molecule has 8 heteroatoms. The molecule has 0 radical (unpaired) electrons. The maximum atomic E-state index is 12.0. The first-order valence-corrected chi connectivity index (χ1v) is 10.0. The van der Waals surface area contributed by atoms with Gasteiger partial charge in [0.2, 0.25) is 0 Å². The van der Waals surface area contributed by atoms with E-state index in [-0.39, 0.29) is 5.91 Å². The molecule has 2 aromatic rings. The number of carbonyl (C=O) groups is 1. The van der Waals surface area contributed by atoms with Crippen LogP contribution in [0.3, 0.4) is 0 Å².